The summed E-state index contributed by atoms with van der Waals surface area (Å²) in [6.07, 6.45) is 0. The van der Waals surface area contributed by atoms with E-state index in [4.69, 9.17) is 0 Å². The second kappa shape index (κ2) is 4.73. The number of hydrogen-bond donors (Lipinski definition) is 0. The zero-order valence-electron chi connectivity index (χ0n) is 6.33. The predicted octanol–water partition coefficient (Wildman–Crippen LogP) is 4.65. The van der Waals surface area contributed by atoms with Crippen LogP contribution < -0.4 is 0 Å². The third-order valence-electron chi connectivity index (χ3n) is 1.18. The molecule has 0 radical (unpaired) electrons. The molecule has 0 aliphatic rings. The molecule has 1 aromatic carbocycles. The van der Waals surface area contributed by atoms with Crippen molar-refractivity contribution in [3.63, 3.8) is 0 Å². The summed E-state index contributed by atoms with van der Waals surface area (Å²) >= 11 is 3.15. The lowest BCUT2D eigenvalue weighted by Gasteiger charge is -2.09. The van der Waals surface area contributed by atoms with E-state index in [0.717, 1.165) is 12.1 Å². The summed E-state index contributed by atoms with van der Waals surface area (Å²) in [7, 11) is 0. The Kier molecular flexibility index (Phi) is 4.33. The molecule has 1 rings (SSSR count). The van der Waals surface area contributed by atoms with Gasteiger partial charge in [0.05, 0.1) is 0 Å². The largest absolute Gasteiger partial charge is 0.446 e. The maximum Gasteiger partial charge on any atom is 0.446 e. The molecule has 0 saturated heterocycles. The van der Waals surface area contributed by atoms with Crippen molar-refractivity contribution in [2.45, 2.75) is 10.4 Å². The Bertz CT molecular complexity index is 327. The summed E-state index contributed by atoms with van der Waals surface area (Å²) in [6.45, 7) is 0. The van der Waals surface area contributed by atoms with Gasteiger partial charge < -0.3 is 0 Å². The maximum absolute atomic E-state index is 12.7. The Morgan fingerprint density at radius 3 is 1.86 bits per heavy atom. The van der Waals surface area contributed by atoms with Gasteiger partial charge in [-0.05, 0) is 69.1 Å². The van der Waals surface area contributed by atoms with E-state index in [-0.39, 0.29) is 23.8 Å². The third-order valence-corrected chi connectivity index (χ3v) is 4.49. The van der Waals surface area contributed by atoms with Crippen LogP contribution in [0.25, 0.3) is 0 Å². The lowest BCUT2D eigenvalue weighted by atomic mass is 10.3. The highest BCUT2D eigenvalue weighted by atomic mass is 127. The van der Waals surface area contributed by atoms with E-state index >= 15 is 0 Å². The topological polar surface area (TPSA) is 0 Å². The van der Waals surface area contributed by atoms with Crippen molar-refractivity contribution in [1.82, 2.24) is 0 Å². The van der Waals surface area contributed by atoms with Gasteiger partial charge in [0, 0.05) is 12.0 Å². The van der Waals surface area contributed by atoms with Crippen LogP contribution in [-0.2, 0) is 0 Å². The Hall–Kier alpha value is 0.750. The fourth-order valence-electron chi connectivity index (χ4n) is 0.742. The average Bonchev–Trinajstić information content (AvgIpc) is 1.95. The van der Waals surface area contributed by atoms with Gasteiger partial charge in [-0.15, -0.1) is 0 Å². The van der Waals surface area contributed by atoms with Gasteiger partial charge in [0.25, 0.3) is 0 Å². The Morgan fingerprint density at radius 1 is 1.07 bits per heavy atom. The second-order valence-corrected chi connectivity index (χ2v) is 5.65. The van der Waals surface area contributed by atoms with Crippen molar-refractivity contribution in [2.24, 2.45) is 0 Å². The summed E-state index contributed by atoms with van der Waals surface area (Å²) in [5.74, 6) is -0.523. The molecule has 0 spiro atoms. The van der Waals surface area contributed by atoms with Gasteiger partial charge in [-0.1, -0.05) is 0 Å². The summed E-state index contributed by atoms with van der Waals surface area (Å²) in [6, 6.07) is 2.16. The average molecular weight is 448 g/mol. The minimum absolute atomic E-state index is 0.0556. The van der Waals surface area contributed by atoms with Crippen LogP contribution in [0, 0.1) is 13.0 Å². The first-order chi connectivity index (χ1) is 6.29. The molecule has 1 aromatic rings. The zero-order chi connectivity index (χ0) is 10.9. The van der Waals surface area contributed by atoms with E-state index in [1.54, 1.807) is 45.2 Å². The van der Waals surface area contributed by atoms with Crippen molar-refractivity contribution < 1.29 is 17.6 Å². The fraction of sp³-hybridized carbons (Fsp3) is 0.143. The van der Waals surface area contributed by atoms with Gasteiger partial charge in [0.2, 0.25) is 0 Å². The minimum Gasteiger partial charge on any atom is -0.207 e. The minimum atomic E-state index is -4.34. The molecular formula is C7H2F4I2S. The van der Waals surface area contributed by atoms with E-state index in [2.05, 4.69) is 0 Å². The Labute approximate surface area is 109 Å². The van der Waals surface area contributed by atoms with Gasteiger partial charge in [0.1, 0.15) is 5.82 Å². The van der Waals surface area contributed by atoms with Gasteiger partial charge in [-0.25, -0.2) is 4.39 Å². The lowest BCUT2D eigenvalue weighted by Crippen LogP contribution is -2.01. The van der Waals surface area contributed by atoms with Gasteiger partial charge in [0.15, 0.2) is 0 Å². The van der Waals surface area contributed by atoms with E-state index in [9.17, 15) is 17.6 Å². The second-order valence-electron chi connectivity index (χ2n) is 2.25. The molecule has 78 valence electrons. The van der Waals surface area contributed by atoms with Crippen LogP contribution >= 0.6 is 56.9 Å². The normalized spacial score (nSPS) is 11.9. The molecular weight excluding hydrogens is 446 g/mol. The summed E-state index contributed by atoms with van der Waals surface area (Å²) in [5, 5.41) is 0. The van der Waals surface area contributed by atoms with Crippen LogP contribution in [0.2, 0.25) is 0 Å². The van der Waals surface area contributed by atoms with Crippen LogP contribution in [0.1, 0.15) is 0 Å². The highest BCUT2D eigenvalue weighted by Gasteiger charge is 2.31. The first-order valence-corrected chi connectivity index (χ1v) is 6.17. The van der Waals surface area contributed by atoms with Crippen molar-refractivity contribution in [1.29, 1.82) is 0 Å². The van der Waals surface area contributed by atoms with Crippen LogP contribution in [-0.4, -0.2) is 5.51 Å². The van der Waals surface area contributed by atoms with E-state index in [1.807, 2.05) is 0 Å². The molecule has 14 heavy (non-hydrogen) atoms. The van der Waals surface area contributed by atoms with Crippen molar-refractivity contribution in [3.8, 4) is 0 Å². The molecule has 0 N–H and O–H groups in total. The highest BCUT2D eigenvalue weighted by Crippen LogP contribution is 2.41. The fourth-order valence-corrected chi connectivity index (χ4v) is 3.64. The number of halogens is 6. The molecule has 7 heteroatoms. The molecule has 0 aliphatic carbocycles. The molecule has 0 amide bonds. The zero-order valence-corrected chi connectivity index (χ0v) is 11.5. The summed E-state index contributed by atoms with van der Waals surface area (Å²) < 4.78 is 49.5. The van der Waals surface area contributed by atoms with Gasteiger partial charge in [-0.2, -0.15) is 13.2 Å². The molecule has 0 atom stereocenters. The van der Waals surface area contributed by atoms with E-state index in [1.165, 1.54) is 0 Å². The molecule has 0 saturated carbocycles. The third kappa shape index (κ3) is 3.72. The molecule has 0 bridgehead atoms. The van der Waals surface area contributed by atoms with Gasteiger partial charge in [-0.3, -0.25) is 0 Å². The van der Waals surface area contributed by atoms with Crippen molar-refractivity contribution >= 4 is 56.9 Å². The maximum atomic E-state index is 12.7. The summed E-state index contributed by atoms with van der Waals surface area (Å²) in [5.41, 5.74) is -4.34. The number of alkyl halides is 3. The molecule has 0 aromatic heterocycles. The van der Waals surface area contributed by atoms with Crippen LogP contribution in [0.5, 0.6) is 0 Å². The summed E-state index contributed by atoms with van der Waals surface area (Å²) in [4.78, 5) is 0.0556. The number of rotatable bonds is 1. The Balaban J connectivity index is 3.09. The lowest BCUT2D eigenvalue weighted by molar-refractivity contribution is -0.0328. The molecule has 0 nitrogen and oxygen atoms in total. The van der Waals surface area contributed by atoms with Crippen LogP contribution in [0.3, 0.4) is 0 Å². The smallest absolute Gasteiger partial charge is 0.207 e. The first-order valence-electron chi connectivity index (χ1n) is 3.20. The van der Waals surface area contributed by atoms with Crippen molar-refractivity contribution in [3.05, 3.63) is 25.1 Å². The SMILES string of the molecule is Fc1cc(I)c(SC(F)(F)F)c(I)c1. The number of hydrogen-bond acceptors (Lipinski definition) is 1. The molecule has 0 heterocycles. The van der Waals surface area contributed by atoms with Gasteiger partial charge >= 0.3 is 5.51 Å². The van der Waals surface area contributed by atoms with Crippen LogP contribution in [0.4, 0.5) is 17.6 Å². The first kappa shape index (κ1) is 12.8. The highest BCUT2D eigenvalue weighted by molar-refractivity contribution is 14.1. The standard InChI is InChI=1S/C7H2F4I2S/c8-3-1-4(12)6(5(13)2-3)14-7(9,10)11/h1-2H. The monoisotopic (exact) mass is 448 g/mol. The predicted molar refractivity (Wildman–Crippen MR) is 63.7 cm³/mol. The Morgan fingerprint density at radius 2 is 1.50 bits per heavy atom. The molecule has 0 unspecified atom stereocenters. The molecule has 0 aliphatic heterocycles. The molecule has 0 fully saturated rings. The van der Waals surface area contributed by atoms with Crippen molar-refractivity contribution in [2.75, 3.05) is 0 Å². The van der Waals surface area contributed by atoms with Crippen LogP contribution in [0.15, 0.2) is 17.0 Å². The number of benzene rings is 1. The van der Waals surface area contributed by atoms with E-state index in [0.29, 0.717) is 0 Å². The van der Waals surface area contributed by atoms with E-state index < -0.39 is 11.3 Å². The number of thioether (sulfide) groups is 1. The quantitative estimate of drug-likeness (QED) is 0.343.